The van der Waals surface area contributed by atoms with Crippen LogP contribution >= 0.6 is 0 Å². The van der Waals surface area contributed by atoms with Crippen LogP contribution in [-0.2, 0) is 9.47 Å². The second kappa shape index (κ2) is 8.05. The third kappa shape index (κ3) is 11.7. The Hall–Kier alpha value is -0.290. The fourth-order valence-electron chi connectivity index (χ4n) is 0.917. The van der Waals surface area contributed by atoms with Crippen LogP contribution in [0, 0.1) is 0 Å². The topological polar surface area (TPSA) is 18.5 Å². The average Bonchev–Trinajstić information content (AvgIpc) is 2.08. The molecular weight excluding hydrogens is 197 g/mol. The minimum atomic E-state index is -4.49. The molecule has 0 bridgehead atoms. The van der Waals surface area contributed by atoms with Crippen molar-refractivity contribution in [3.63, 3.8) is 0 Å². The highest BCUT2D eigenvalue weighted by atomic mass is 19.4. The van der Waals surface area contributed by atoms with Gasteiger partial charge in [-0.15, -0.1) is 13.2 Å². The quantitative estimate of drug-likeness (QED) is 0.578. The highest BCUT2D eigenvalue weighted by Gasteiger charge is 2.28. The van der Waals surface area contributed by atoms with Gasteiger partial charge in [0.2, 0.25) is 0 Å². The molecule has 0 aromatic rings. The van der Waals surface area contributed by atoms with Gasteiger partial charge in [-0.2, -0.15) is 0 Å². The van der Waals surface area contributed by atoms with Gasteiger partial charge in [-0.25, -0.2) is 0 Å². The zero-order valence-electron chi connectivity index (χ0n) is 8.40. The standard InChI is InChI=1S/C9H17F3O2/c1-2-6-13-7-4-3-5-8-14-9(10,11)12/h2-8H2,1H3. The van der Waals surface area contributed by atoms with Crippen molar-refractivity contribution >= 4 is 0 Å². The lowest BCUT2D eigenvalue weighted by atomic mass is 10.2. The lowest BCUT2D eigenvalue weighted by molar-refractivity contribution is -0.324. The predicted octanol–water partition coefficient (Wildman–Crippen LogP) is 3.12. The first kappa shape index (κ1) is 13.7. The SMILES string of the molecule is CCCOCCCCCOC(F)(F)F. The van der Waals surface area contributed by atoms with Crippen molar-refractivity contribution in [1.82, 2.24) is 0 Å². The summed E-state index contributed by atoms with van der Waals surface area (Å²) >= 11 is 0. The van der Waals surface area contributed by atoms with Gasteiger partial charge in [0, 0.05) is 13.2 Å². The largest absolute Gasteiger partial charge is 0.522 e. The van der Waals surface area contributed by atoms with Crippen molar-refractivity contribution in [3.05, 3.63) is 0 Å². The molecule has 0 aliphatic rings. The third-order valence-electron chi connectivity index (χ3n) is 1.55. The van der Waals surface area contributed by atoms with E-state index in [1.165, 1.54) is 0 Å². The van der Waals surface area contributed by atoms with Gasteiger partial charge in [-0.1, -0.05) is 6.92 Å². The van der Waals surface area contributed by atoms with Crippen LogP contribution in [0.2, 0.25) is 0 Å². The van der Waals surface area contributed by atoms with Crippen LogP contribution in [0.3, 0.4) is 0 Å². The summed E-state index contributed by atoms with van der Waals surface area (Å²) < 4.78 is 43.2. The van der Waals surface area contributed by atoms with Crippen LogP contribution in [-0.4, -0.2) is 26.2 Å². The maximum absolute atomic E-state index is 11.5. The molecule has 0 unspecified atom stereocenters. The first-order valence-corrected chi connectivity index (χ1v) is 4.84. The Bertz CT molecular complexity index is 126. The molecule has 0 aliphatic carbocycles. The Morgan fingerprint density at radius 1 is 0.929 bits per heavy atom. The first-order valence-electron chi connectivity index (χ1n) is 4.84. The lowest BCUT2D eigenvalue weighted by Crippen LogP contribution is -2.14. The molecule has 86 valence electrons. The minimum absolute atomic E-state index is 0.253. The Balaban J connectivity index is 2.99. The van der Waals surface area contributed by atoms with E-state index in [1.54, 1.807) is 0 Å². The monoisotopic (exact) mass is 214 g/mol. The summed E-state index contributed by atoms with van der Waals surface area (Å²) in [5.41, 5.74) is 0. The van der Waals surface area contributed by atoms with Gasteiger partial charge >= 0.3 is 6.36 Å². The van der Waals surface area contributed by atoms with Crippen LogP contribution in [0.4, 0.5) is 13.2 Å². The fourth-order valence-corrected chi connectivity index (χ4v) is 0.917. The summed E-state index contributed by atoms with van der Waals surface area (Å²) in [6, 6.07) is 0. The van der Waals surface area contributed by atoms with Crippen LogP contribution in [0.25, 0.3) is 0 Å². The number of ether oxygens (including phenoxy) is 2. The third-order valence-corrected chi connectivity index (χ3v) is 1.55. The summed E-state index contributed by atoms with van der Waals surface area (Å²) in [6.45, 7) is 3.10. The number of halogens is 3. The lowest BCUT2D eigenvalue weighted by Gasteiger charge is -2.06. The molecule has 0 fully saturated rings. The van der Waals surface area contributed by atoms with Gasteiger partial charge < -0.3 is 4.74 Å². The van der Waals surface area contributed by atoms with Crippen molar-refractivity contribution in [1.29, 1.82) is 0 Å². The molecule has 0 spiro atoms. The molecule has 0 radical (unpaired) electrons. The molecule has 0 aliphatic heterocycles. The van der Waals surface area contributed by atoms with E-state index in [0.717, 1.165) is 19.4 Å². The number of unbranched alkanes of at least 4 members (excludes halogenated alkanes) is 2. The Morgan fingerprint density at radius 3 is 2.14 bits per heavy atom. The predicted molar refractivity (Wildman–Crippen MR) is 47.0 cm³/mol. The molecule has 0 rings (SSSR count). The molecule has 0 N–H and O–H groups in total. The van der Waals surface area contributed by atoms with E-state index in [9.17, 15) is 13.2 Å². The summed E-state index contributed by atoms with van der Waals surface area (Å²) in [5.74, 6) is 0. The van der Waals surface area contributed by atoms with E-state index >= 15 is 0 Å². The zero-order chi connectivity index (χ0) is 10.9. The van der Waals surface area contributed by atoms with Gasteiger partial charge in [0.1, 0.15) is 0 Å². The molecule has 5 heteroatoms. The summed E-state index contributed by atoms with van der Waals surface area (Å²) in [5, 5.41) is 0. The second-order valence-electron chi connectivity index (χ2n) is 2.97. The molecule has 0 aromatic heterocycles. The number of rotatable bonds is 8. The van der Waals surface area contributed by atoms with Crippen molar-refractivity contribution in [2.75, 3.05) is 19.8 Å². The molecule has 0 atom stereocenters. The molecule has 0 aromatic carbocycles. The van der Waals surface area contributed by atoms with E-state index in [4.69, 9.17) is 4.74 Å². The highest BCUT2D eigenvalue weighted by molar-refractivity contribution is 4.41. The van der Waals surface area contributed by atoms with Gasteiger partial charge in [0.05, 0.1) is 6.61 Å². The van der Waals surface area contributed by atoms with Crippen LogP contribution in [0.15, 0.2) is 0 Å². The van der Waals surface area contributed by atoms with Crippen molar-refractivity contribution in [2.45, 2.75) is 39.0 Å². The van der Waals surface area contributed by atoms with Crippen molar-refractivity contribution in [3.8, 4) is 0 Å². The van der Waals surface area contributed by atoms with E-state index < -0.39 is 6.36 Å². The molecule has 14 heavy (non-hydrogen) atoms. The molecule has 0 heterocycles. The normalized spacial score (nSPS) is 12.0. The van der Waals surface area contributed by atoms with E-state index in [1.807, 2.05) is 6.92 Å². The maximum atomic E-state index is 11.5. The average molecular weight is 214 g/mol. The minimum Gasteiger partial charge on any atom is -0.381 e. The summed E-state index contributed by atoms with van der Waals surface area (Å²) in [7, 11) is 0. The van der Waals surface area contributed by atoms with Crippen molar-refractivity contribution in [2.24, 2.45) is 0 Å². The second-order valence-corrected chi connectivity index (χ2v) is 2.97. The van der Waals surface area contributed by atoms with Crippen LogP contribution < -0.4 is 0 Å². The Morgan fingerprint density at radius 2 is 1.57 bits per heavy atom. The van der Waals surface area contributed by atoms with Gasteiger partial charge in [-0.05, 0) is 25.7 Å². The molecule has 0 saturated heterocycles. The summed E-state index contributed by atoms with van der Waals surface area (Å²) in [4.78, 5) is 0. The highest BCUT2D eigenvalue weighted by Crippen LogP contribution is 2.16. The van der Waals surface area contributed by atoms with Crippen LogP contribution in [0.5, 0.6) is 0 Å². The number of hydrogen-bond acceptors (Lipinski definition) is 2. The van der Waals surface area contributed by atoms with E-state index in [2.05, 4.69) is 4.74 Å². The van der Waals surface area contributed by atoms with Gasteiger partial charge in [0.25, 0.3) is 0 Å². The number of hydrogen-bond donors (Lipinski definition) is 0. The number of alkyl halides is 3. The van der Waals surface area contributed by atoms with Gasteiger partial charge in [-0.3, -0.25) is 4.74 Å². The fraction of sp³-hybridized carbons (Fsp3) is 1.00. The van der Waals surface area contributed by atoms with Crippen LogP contribution in [0.1, 0.15) is 32.6 Å². The molecular formula is C9H17F3O2. The first-order chi connectivity index (χ1) is 6.56. The smallest absolute Gasteiger partial charge is 0.381 e. The zero-order valence-corrected chi connectivity index (χ0v) is 8.40. The molecule has 0 amide bonds. The Kier molecular flexibility index (Phi) is 7.89. The molecule has 0 saturated carbocycles. The van der Waals surface area contributed by atoms with E-state index in [-0.39, 0.29) is 6.61 Å². The summed E-state index contributed by atoms with van der Waals surface area (Å²) in [6.07, 6.45) is -1.59. The Labute approximate surface area is 82.4 Å². The maximum Gasteiger partial charge on any atom is 0.522 e. The van der Waals surface area contributed by atoms with Crippen molar-refractivity contribution < 1.29 is 22.6 Å². The van der Waals surface area contributed by atoms with E-state index in [0.29, 0.717) is 19.4 Å². The van der Waals surface area contributed by atoms with Gasteiger partial charge in [0.15, 0.2) is 0 Å². The molecule has 2 nitrogen and oxygen atoms in total.